The van der Waals surface area contributed by atoms with Crippen LogP contribution < -0.4 is 0 Å². The molecule has 8 heteroatoms. The van der Waals surface area contributed by atoms with Crippen LogP contribution in [0.15, 0.2) is 30.5 Å². The van der Waals surface area contributed by atoms with Gasteiger partial charge in [0.05, 0.1) is 24.7 Å². The van der Waals surface area contributed by atoms with E-state index in [2.05, 4.69) is 22.1 Å². The number of aliphatic hydroxyl groups is 1. The molecular weight excluding hydrogens is 335 g/mol. The maximum atomic E-state index is 13.2. The van der Waals surface area contributed by atoms with Gasteiger partial charge in [-0.3, -0.25) is 0 Å². The molecule has 134 valence electrons. The highest BCUT2D eigenvalue weighted by Gasteiger charge is 2.17. The summed E-state index contributed by atoms with van der Waals surface area (Å²) in [6.45, 7) is 2.48. The number of halogens is 1. The third kappa shape index (κ3) is 2.82. The predicted molar refractivity (Wildman–Crippen MR) is 95.2 cm³/mol. The molecule has 0 aliphatic heterocycles. The van der Waals surface area contributed by atoms with Crippen molar-refractivity contribution < 1.29 is 9.50 Å². The van der Waals surface area contributed by atoms with Crippen LogP contribution in [0.3, 0.4) is 0 Å². The normalized spacial score (nSPS) is 11.7. The minimum atomic E-state index is -0.296. The second-order valence-corrected chi connectivity index (χ2v) is 6.14. The predicted octanol–water partition coefficient (Wildman–Crippen LogP) is 2.62. The van der Waals surface area contributed by atoms with Gasteiger partial charge in [-0.05, 0) is 30.7 Å². The second kappa shape index (κ2) is 6.80. The minimum Gasteiger partial charge on any atom is -0.394 e. The lowest BCUT2D eigenvalue weighted by Gasteiger charge is -2.05. The Labute approximate surface area is 149 Å². The quantitative estimate of drug-likeness (QED) is 0.576. The molecule has 0 fully saturated rings. The van der Waals surface area contributed by atoms with Crippen molar-refractivity contribution in [2.24, 2.45) is 0 Å². The van der Waals surface area contributed by atoms with E-state index in [4.69, 9.17) is 4.98 Å². The number of rotatable bonds is 6. The fourth-order valence-electron chi connectivity index (χ4n) is 2.97. The molecule has 1 aromatic carbocycles. The molecule has 7 nitrogen and oxygen atoms in total. The molecule has 0 unspecified atom stereocenters. The Morgan fingerprint density at radius 2 is 1.92 bits per heavy atom. The van der Waals surface area contributed by atoms with Crippen molar-refractivity contribution in [2.45, 2.75) is 32.7 Å². The molecule has 26 heavy (non-hydrogen) atoms. The first-order valence-corrected chi connectivity index (χ1v) is 8.69. The molecule has 4 rings (SSSR count). The van der Waals surface area contributed by atoms with Gasteiger partial charge >= 0.3 is 0 Å². The minimum absolute atomic E-state index is 0.0124. The Bertz CT molecular complexity index is 1050. The van der Waals surface area contributed by atoms with E-state index in [9.17, 15) is 9.50 Å². The van der Waals surface area contributed by atoms with Crippen LogP contribution in [0, 0.1) is 5.82 Å². The Morgan fingerprint density at radius 1 is 1.12 bits per heavy atom. The van der Waals surface area contributed by atoms with E-state index in [-0.39, 0.29) is 12.4 Å². The zero-order valence-electron chi connectivity index (χ0n) is 14.4. The number of nitrogens with zero attached hydrogens (tertiary/aromatic N) is 6. The lowest BCUT2D eigenvalue weighted by atomic mass is 10.2. The van der Waals surface area contributed by atoms with E-state index in [0.717, 1.165) is 36.0 Å². The summed E-state index contributed by atoms with van der Waals surface area (Å²) in [6, 6.07) is 6.11. The van der Waals surface area contributed by atoms with Crippen molar-refractivity contribution in [3.8, 4) is 11.4 Å². The SMILES string of the molecule is CCCCc1nc2c(cnn2CCO)c2nc(-c3ccc(F)cc3)nn12. The molecule has 0 saturated carbocycles. The number of fused-ring (bicyclic) bond motifs is 3. The first kappa shape index (κ1) is 16.6. The van der Waals surface area contributed by atoms with Crippen molar-refractivity contribution in [1.82, 2.24) is 29.4 Å². The molecule has 0 saturated heterocycles. The van der Waals surface area contributed by atoms with Gasteiger partial charge in [-0.25, -0.2) is 19.0 Å². The van der Waals surface area contributed by atoms with Crippen molar-refractivity contribution in [1.29, 1.82) is 0 Å². The fourth-order valence-corrected chi connectivity index (χ4v) is 2.97. The highest BCUT2D eigenvalue weighted by Crippen LogP contribution is 2.23. The maximum absolute atomic E-state index is 13.2. The molecule has 1 N–H and O–H groups in total. The number of benzene rings is 1. The molecule has 3 aromatic heterocycles. The molecule has 0 radical (unpaired) electrons. The summed E-state index contributed by atoms with van der Waals surface area (Å²) in [5, 5.41) is 18.9. The second-order valence-electron chi connectivity index (χ2n) is 6.14. The highest BCUT2D eigenvalue weighted by atomic mass is 19.1. The van der Waals surface area contributed by atoms with Crippen LogP contribution in [0.5, 0.6) is 0 Å². The topological polar surface area (TPSA) is 81.1 Å². The largest absolute Gasteiger partial charge is 0.394 e. The third-order valence-corrected chi connectivity index (χ3v) is 4.31. The molecular formula is C18H19FN6O. The fraction of sp³-hybridized carbons (Fsp3) is 0.333. The van der Waals surface area contributed by atoms with Crippen LogP contribution in [0.1, 0.15) is 25.6 Å². The third-order valence-electron chi connectivity index (χ3n) is 4.31. The van der Waals surface area contributed by atoms with Crippen LogP contribution in [0.4, 0.5) is 4.39 Å². The van der Waals surface area contributed by atoms with Gasteiger partial charge in [0.25, 0.3) is 0 Å². The molecule has 4 aromatic rings. The number of aromatic nitrogens is 6. The summed E-state index contributed by atoms with van der Waals surface area (Å²) < 4.78 is 16.6. The summed E-state index contributed by atoms with van der Waals surface area (Å²) in [6.07, 6.45) is 4.48. The lowest BCUT2D eigenvalue weighted by molar-refractivity contribution is 0.271. The zero-order valence-corrected chi connectivity index (χ0v) is 14.4. The van der Waals surface area contributed by atoms with Crippen LogP contribution >= 0.6 is 0 Å². The lowest BCUT2D eigenvalue weighted by Crippen LogP contribution is -2.08. The Morgan fingerprint density at radius 3 is 2.65 bits per heavy atom. The van der Waals surface area contributed by atoms with Crippen molar-refractivity contribution in [2.75, 3.05) is 6.61 Å². The average Bonchev–Trinajstić information content (AvgIpc) is 3.25. The molecule has 0 amide bonds. The average molecular weight is 354 g/mol. The Kier molecular flexibility index (Phi) is 4.34. The number of aryl methyl sites for hydroxylation is 1. The molecule has 0 aliphatic carbocycles. The van der Waals surface area contributed by atoms with E-state index < -0.39 is 0 Å². The summed E-state index contributed by atoms with van der Waals surface area (Å²) in [7, 11) is 0. The smallest absolute Gasteiger partial charge is 0.182 e. The van der Waals surface area contributed by atoms with Gasteiger partial charge in [-0.1, -0.05) is 13.3 Å². The van der Waals surface area contributed by atoms with Crippen LogP contribution in [-0.4, -0.2) is 41.1 Å². The van der Waals surface area contributed by atoms with Crippen LogP contribution in [0.25, 0.3) is 28.1 Å². The Balaban J connectivity index is 1.93. The monoisotopic (exact) mass is 354 g/mol. The standard InChI is InChI=1S/C18H19FN6O/c1-2-3-4-15-21-17-14(11-20-24(17)9-10-26)18-22-16(23-25(15)18)12-5-7-13(19)8-6-12/h5-8,11,26H,2-4,9-10H2,1H3. The van der Waals surface area contributed by atoms with E-state index in [0.29, 0.717) is 23.7 Å². The van der Waals surface area contributed by atoms with Crippen molar-refractivity contribution >= 4 is 16.7 Å². The summed E-state index contributed by atoms with van der Waals surface area (Å²) in [4.78, 5) is 9.39. The van der Waals surface area contributed by atoms with Crippen LogP contribution in [-0.2, 0) is 13.0 Å². The number of hydrogen-bond donors (Lipinski definition) is 1. The van der Waals surface area contributed by atoms with Gasteiger partial charge in [0.15, 0.2) is 17.1 Å². The highest BCUT2D eigenvalue weighted by molar-refractivity contribution is 5.89. The van der Waals surface area contributed by atoms with Gasteiger partial charge in [0, 0.05) is 12.0 Å². The Hall–Kier alpha value is -2.87. The summed E-state index contributed by atoms with van der Waals surface area (Å²) >= 11 is 0. The van der Waals surface area contributed by atoms with Gasteiger partial charge < -0.3 is 5.11 Å². The molecule has 0 aliphatic rings. The van der Waals surface area contributed by atoms with Crippen LogP contribution in [0.2, 0.25) is 0 Å². The van der Waals surface area contributed by atoms with Gasteiger partial charge in [-0.2, -0.15) is 9.61 Å². The summed E-state index contributed by atoms with van der Waals surface area (Å²) in [5.41, 5.74) is 2.10. The van der Waals surface area contributed by atoms with E-state index in [1.54, 1.807) is 27.5 Å². The van der Waals surface area contributed by atoms with Crippen molar-refractivity contribution in [3.63, 3.8) is 0 Å². The molecule has 0 bridgehead atoms. The number of unbranched alkanes of at least 4 members (excludes halogenated alkanes) is 1. The first-order valence-electron chi connectivity index (χ1n) is 8.69. The molecule has 3 heterocycles. The number of hydrogen-bond acceptors (Lipinski definition) is 5. The maximum Gasteiger partial charge on any atom is 0.182 e. The molecule has 0 spiro atoms. The van der Waals surface area contributed by atoms with Gasteiger partial charge in [-0.15, -0.1) is 5.10 Å². The van der Waals surface area contributed by atoms with E-state index in [1.807, 2.05) is 0 Å². The van der Waals surface area contributed by atoms with E-state index >= 15 is 0 Å². The van der Waals surface area contributed by atoms with Gasteiger partial charge in [0.1, 0.15) is 11.6 Å². The van der Waals surface area contributed by atoms with E-state index in [1.165, 1.54) is 12.1 Å². The van der Waals surface area contributed by atoms with Crippen molar-refractivity contribution in [3.05, 3.63) is 42.1 Å². The molecule has 0 atom stereocenters. The summed E-state index contributed by atoms with van der Waals surface area (Å²) in [5.74, 6) is 1.03. The first-order chi connectivity index (χ1) is 12.7. The zero-order chi connectivity index (χ0) is 18.1. The van der Waals surface area contributed by atoms with Gasteiger partial charge in [0.2, 0.25) is 0 Å². The number of aliphatic hydroxyl groups excluding tert-OH is 1.